The van der Waals surface area contributed by atoms with Crippen LogP contribution in [0, 0.1) is 0 Å². The van der Waals surface area contributed by atoms with Crippen LogP contribution in [-0.2, 0) is 4.79 Å². The molecule has 1 aromatic rings. The van der Waals surface area contributed by atoms with E-state index < -0.39 is 0 Å². The van der Waals surface area contributed by atoms with Gasteiger partial charge in [-0.25, -0.2) is 0 Å². The van der Waals surface area contributed by atoms with E-state index in [2.05, 4.69) is 6.92 Å². The Hall–Kier alpha value is -1.07. The highest BCUT2D eigenvalue weighted by molar-refractivity contribution is 8.26. The largest absolute Gasteiger partial charge is 0.465 e. The molecular weight excluding hydrogens is 266 g/mol. The van der Waals surface area contributed by atoms with Crippen LogP contribution in [-0.4, -0.2) is 21.7 Å². The van der Waals surface area contributed by atoms with Crippen molar-refractivity contribution in [1.29, 1.82) is 0 Å². The fourth-order valence-electron chi connectivity index (χ4n) is 1.72. The van der Waals surface area contributed by atoms with Gasteiger partial charge in [0.1, 0.15) is 10.1 Å². The average molecular weight is 281 g/mol. The lowest BCUT2D eigenvalue weighted by Crippen LogP contribution is -2.28. The number of hydrogen-bond donors (Lipinski definition) is 0. The Bertz CT molecular complexity index is 465. The summed E-state index contributed by atoms with van der Waals surface area (Å²) in [6, 6.07) is 3.62. The summed E-state index contributed by atoms with van der Waals surface area (Å²) in [6.45, 7) is 2.86. The summed E-state index contributed by atoms with van der Waals surface area (Å²) in [7, 11) is 0. The maximum absolute atomic E-state index is 12.1. The van der Waals surface area contributed by atoms with Crippen molar-refractivity contribution in [3.05, 3.63) is 29.1 Å². The number of furan rings is 1. The van der Waals surface area contributed by atoms with E-state index in [4.69, 9.17) is 16.6 Å². The Labute approximate surface area is 116 Å². The molecule has 18 heavy (non-hydrogen) atoms. The van der Waals surface area contributed by atoms with Crippen LogP contribution in [0.5, 0.6) is 0 Å². The van der Waals surface area contributed by atoms with E-state index in [-0.39, 0.29) is 5.91 Å². The maximum atomic E-state index is 12.1. The smallest absolute Gasteiger partial charge is 0.266 e. The summed E-state index contributed by atoms with van der Waals surface area (Å²) < 4.78 is 5.86. The van der Waals surface area contributed by atoms with Crippen molar-refractivity contribution in [3.8, 4) is 0 Å². The highest BCUT2D eigenvalue weighted by atomic mass is 32.2. The van der Waals surface area contributed by atoms with Gasteiger partial charge in [-0.05, 0) is 18.6 Å². The van der Waals surface area contributed by atoms with Crippen molar-refractivity contribution in [2.24, 2.45) is 0 Å². The van der Waals surface area contributed by atoms with Crippen LogP contribution in [0.3, 0.4) is 0 Å². The van der Waals surface area contributed by atoms with Crippen LogP contribution in [0.4, 0.5) is 0 Å². The fraction of sp³-hybridized carbons (Fsp3) is 0.385. The number of carbonyl (C=O) groups is 1. The lowest BCUT2D eigenvalue weighted by Gasteiger charge is -2.13. The van der Waals surface area contributed by atoms with Gasteiger partial charge in [0, 0.05) is 12.6 Å². The molecule has 1 fully saturated rings. The molecule has 1 saturated heterocycles. The second-order valence-corrected chi connectivity index (χ2v) is 5.73. The molecule has 0 spiro atoms. The van der Waals surface area contributed by atoms with E-state index in [0.717, 1.165) is 19.3 Å². The minimum Gasteiger partial charge on any atom is -0.465 e. The first-order chi connectivity index (χ1) is 8.72. The Kier molecular flexibility index (Phi) is 4.60. The van der Waals surface area contributed by atoms with E-state index in [1.807, 2.05) is 6.07 Å². The quantitative estimate of drug-likeness (QED) is 0.468. The van der Waals surface area contributed by atoms with E-state index in [1.165, 1.54) is 11.8 Å². The minimum atomic E-state index is -0.00231. The van der Waals surface area contributed by atoms with E-state index >= 15 is 0 Å². The number of rotatable bonds is 5. The second kappa shape index (κ2) is 6.20. The second-order valence-electron chi connectivity index (χ2n) is 4.06. The molecule has 0 aliphatic carbocycles. The predicted molar refractivity (Wildman–Crippen MR) is 78.1 cm³/mol. The van der Waals surface area contributed by atoms with Crippen molar-refractivity contribution in [3.63, 3.8) is 0 Å². The number of hydrogen-bond acceptors (Lipinski definition) is 4. The van der Waals surface area contributed by atoms with Gasteiger partial charge in [0.25, 0.3) is 5.91 Å². The molecule has 0 atom stereocenters. The highest BCUT2D eigenvalue weighted by Gasteiger charge is 2.31. The number of nitrogens with zero attached hydrogens (tertiary/aromatic N) is 1. The van der Waals surface area contributed by atoms with Gasteiger partial charge in [-0.15, -0.1) is 0 Å². The molecule has 0 N–H and O–H groups in total. The molecule has 0 bridgehead atoms. The molecule has 3 nitrogen and oxygen atoms in total. The van der Waals surface area contributed by atoms with Crippen LogP contribution in [0.25, 0.3) is 6.08 Å². The molecule has 0 unspecified atom stereocenters. The lowest BCUT2D eigenvalue weighted by atomic mass is 10.2. The van der Waals surface area contributed by atoms with Gasteiger partial charge < -0.3 is 4.42 Å². The SMILES string of the molecule is CCCCCN1C(=O)/C(=C/c2ccco2)SC1=S. The zero-order valence-electron chi connectivity index (χ0n) is 10.2. The third-order valence-corrected chi connectivity index (χ3v) is 4.05. The van der Waals surface area contributed by atoms with Gasteiger partial charge in [-0.3, -0.25) is 9.69 Å². The maximum Gasteiger partial charge on any atom is 0.266 e. The molecular formula is C13H15NO2S2. The molecule has 96 valence electrons. The summed E-state index contributed by atoms with van der Waals surface area (Å²) >= 11 is 6.58. The monoisotopic (exact) mass is 281 g/mol. The molecule has 0 radical (unpaired) electrons. The first-order valence-corrected chi connectivity index (χ1v) is 7.23. The summed E-state index contributed by atoms with van der Waals surface area (Å²) in [5.41, 5.74) is 0. The summed E-state index contributed by atoms with van der Waals surface area (Å²) in [4.78, 5) is 14.5. The molecule has 5 heteroatoms. The van der Waals surface area contributed by atoms with Gasteiger partial charge in [0.15, 0.2) is 0 Å². The van der Waals surface area contributed by atoms with E-state index in [9.17, 15) is 4.79 Å². The van der Waals surface area contributed by atoms with Crippen molar-refractivity contribution >= 4 is 40.3 Å². The molecule has 1 aromatic heterocycles. The van der Waals surface area contributed by atoms with Crippen LogP contribution in [0.2, 0.25) is 0 Å². The molecule has 1 amide bonds. The first kappa shape index (κ1) is 13.4. The standard InChI is InChI=1S/C13H15NO2S2/c1-2-3-4-7-14-12(15)11(18-13(14)17)9-10-6-5-8-16-10/h5-6,8-9H,2-4,7H2,1H3/b11-9-. The van der Waals surface area contributed by atoms with Gasteiger partial charge in [-0.1, -0.05) is 43.7 Å². The molecule has 1 aliphatic rings. The average Bonchev–Trinajstić information content (AvgIpc) is 2.93. The number of thiocarbonyl (C=S) groups is 1. The van der Waals surface area contributed by atoms with E-state index in [1.54, 1.807) is 23.3 Å². The Balaban J connectivity index is 2.04. The van der Waals surface area contributed by atoms with Crippen molar-refractivity contribution < 1.29 is 9.21 Å². The third kappa shape index (κ3) is 3.03. The Morgan fingerprint density at radius 2 is 2.33 bits per heavy atom. The zero-order chi connectivity index (χ0) is 13.0. The Morgan fingerprint density at radius 3 is 3.00 bits per heavy atom. The normalized spacial score (nSPS) is 18.1. The Morgan fingerprint density at radius 1 is 1.50 bits per heavy atom. The van der Waals surface area contributed by atoms with Crippen LogP contribution < -0.4 is 0 Å². The van der Waals surface area contributed by atoms with Crippen LogP contribution in [0.1, 0.15) is 31.9 Å². The molecule has 0 aromatic carbocycles. The summed E-state index contributed by atoms with van der Waals surface area (Å²) in [5, 5.41) is 0. The van der Waals surface area contributed by atoms with Crippen LogP contribution in [0.15, 0.2) is 27.7 Å². The van der Waals surface area contributed by atoms with E-state index in [0.29, 0.717) is 21.5 Å². The van der Waals surface area contributed by atoms with Crippen LogP contribution >= 0.6 is 24.0 Å². The number of carbonyl (C=O) groups excluding carboxylic acids is 1. The van der Waals surface area contributed by atoms with Gasteiger partial charge >= 0.3 is 0 Å². The number of amides is 1. The number of thioether (sulfide) groups is 1. The van der Waals surface area contributed by atoms with Gasteiger partial charge in [0.05, 0.1) is 11.2 Å². The predicted octanol–water partition coefficient (Wildman–Crippen LogP) is 3.67. The summed E-state index contributed by atoms with van der Waals surface area (Å²) in [5.74, 6) is 0.682. The molecule has 2 rings (SSSR count). The van der Waals surface area contributed by atoms with Gasteiger partial charge in [0.2, 0.25) is 0 Å². The van der Waals surface area contributed by atoms with Gasteiger partial charge in [-0.2, -0.15) is 0 Å². The minimum absolute atomic E-state index is 0.00231. The van der Waals surface area contributed by atoms with Crippen molar-refractivity contribution in [1.82, 2.24) is 4.90 Å². The molecule has 0 saturated carbocycles. The number of unbranched alkanes of at least 4 members (excludes halogenated alkanes) is 2. The fourth-order valence-corrected chi connectivity index (χ4v) is 3.00. The van der Waals surface area contributed by atoms with Crippen molar-refractivity contribution in [2.45, 2.75) is 26.2 Å². The first-order valence-electron chi connectivity index (χ1n) is 6.01. The summed E-state index contributed by atoms with van der Waals surface area (Å²) in [6.07, 6.45) is 6.59. The third-order valence-electron chi connectivity index (χ3n) is 2.68. The van der Waals surface area contributed by atoms with Crippen molar-refractivity contribution in [2.75, 3.05) is 6.54 Å². The lowest BCUT2D eigenvalue weighted by molar-refractivity contribution is -0.122. The highest BCUT2D eigenvalue weighted by Crippen LogP contribution is 2.32. The molecule has 2 heterocycles. The topological polar surface area (TPSA) is 33.5 Å². The zero-order valence-corrected chi connectivity index (χ0v) is 11.9. The molecule has 1 aliphatic heterocycles.